The number of hydrogen-bond acceptors (Lipinski definition) is 3. The van der Waals surface area contributed by atoms with Crippen molar-refractivity contribution in [1.29, 1.82) is 0 Å². The molecule has 0 fully saturated rings. The van der Waals surface area contributed by atoms with Crippen molar-refractivity contribution in [3.8, 4) is 5.75 Å². The number of carbonyl (C=O) groups is 2. The molecule has 0 atom stereocenters. The third-order valence-corrected chi connectivity index (χ3v) is 5.39. The first-order valence-corrected chi connectivity index (χ1v) is 9.84. The summed E-state index contributed by atoms with van der Waals surface area (Å²) in [4.78, 5) is 26.4. The van der Waals surface area contributed by atoms with Gasteiger partial charge in [0.2, 0.25) is 0 Å². The SMILES string of the molecule is O=C1c2ccccc2C(=O)N1Cc1ccc(COc2cccc3ccccc23)cc1. The third kappa shape index (κ3) is 3.22. The van der Waals surface area contributed by atoms with Crippen molar-refractivity contribution >= 4 is 22.6 Å². The van der Waals surface area contributed by atoms with E-state index in [1.807, 2.05) is 48.5 Å². The van der Waals surface area contributed by atoms with E-state index in [1.54, 1.807) is 24.3 Å². The molecular weight excluding hydrogens is 374 g/mol. The van der Waals surface area contributed by atoms with Crippen LogP contribution in [0.1, 0.15) is 31.8 Å². The van der Waals surface area contributed by atoms with Crippen LogP contribution in [0.15, 0.2) is 91.0 Å². The summed E-state index contributed by atoms with van der Waals surface area (Å²) in [5.41, 5.74) is 2.87. The quantitative estimate of drug-likeness (QED) is 0.437. The van der Waals surface area contributed by atoms with Gasteiger partial charge in [-0.05, 0) is 34.7 Å². The topological polar surface area (TPSA) is 46.6 Å². The second-order valence-corrected chi connectivity index (χ2v) is 7.32. The molecule has 4 aromatic carbocycles. The van der Waals surface area contributed by atoms with E-state index >= 15 is 0 Å². The van der Waals surface area contributed by atoms with Crippen LogP contribution in [0.4, 0.5) is 0 Å². The van der Waals surface area contributed by atoms with Gasteiger partial charge in [-0.25, -0.2) is 0 Å². The van der Waals surface area contributed by atoms with E-state index in [4.69, 9.17) is 4.74 Å². The van der Waals surface area contributed by atoms with Crippen molar-refractivity contribution in [2.75, 3.05) is 0 Å². The highest BCUT2D eigenvalue weighted by atomic mass is 16.5. The highest BCUT2D eigenvalue weighted by Crippen LogP contribution is 2.27. The first-order valence-electron chi connectivity index (χ1n) is 9.84. The van der Waals surface area contributed by atoms with Crippen LogP contribution in [0, 0.1) is 0 Å². The number of imide groups is 1. The van der Waals surface area contributed by atoms with Gasteiger partial charge in [-0.15, -0.1) is 0 Å². The van der Waals surface area contributed by atoms with Gasteiger partial charge in [0.25, 0.3) is 11.8 Å². The first-order chi connectivity index (χ1) is 14.7. The fraction of sp³-hybridized carbons (Fsp3) is 0.0769. The van der Waals surface area contributed by atoms with Crippen LogP contribution in [-0.4, -0.2) is 16.7 Å². The molecule has 4 nitrogen and oxygen atoms in total. The van der Waals surface area contributed by atoms with Gasteiger partial charge in [0.15, 0.2) is 0 Å². The standard InChI is InChI=1S/C26H19NO3/c28-25-22-9-3-4-10-23(22)26(29)27(25)16-18-12-14-19(15-13-18)17-30-24-11-5-7-20-6-1-2-8-21(20)24/h1-15H,16-17H2. The molecule has 0 N–H and O–H groups in total. The predicted molar refractivity (Wildman–Crippen MR) is 115 cm³/mol. The molecule has 0 bridgehead atoms. The van der Waals surface area contributed by atoms with Gasteiger partial charge in [-0.2, -0.15) is 0 Å². The summed E-state index contributed by atoms with van der Waals surface area (Å²) in [7, 11) is 0. The van der Waals surface area contributed by atoms with Crippen molar-refractivity contribution < 1.29 is 14.3 Å². The maximum Gasteiger partial charge on any atom is 0.261 e. The molecule has 1 aliphatic heterocycles. The summed E-state index contributed by atoms with van der Waals surface area (Å²) in [6.07, 6.45) is 0. The second-order valence-electron chi connectivity index (χ2n) is 7.32. The Morgan fingerprint density at radius 2 is 1.23 bits per heavy atom. The number of nitrogens with zero attached hydrogens (tertiary/aromatic N) is 1. The van der Waals surface area contributed by atoms with Gasteiger partial charge < -0.3 is 4.74 Å². The van der Waals surface area contributed by atoms with Gasteiger partial charge >= 0.3 is 0 Å². The fourth-order valence-corrected chi connectivity index (χ4v) is 3.79. The molecule has 0 unspecified atom stereocenters. The molecule has 0 spiro atoms. The van der Waals surface area contributed by atoms with E-state index in [9.17, 15) is 9.59 Å². The average Bonchev–Trinajstić information content (AvgIpc) is 3.03. The average molecular weight is 393 g/mol. The molecule has 4 aromatic rings. The third-order valence-electron chi connectivity index (χ3n) is 5.39. The van der Waals surface area contributed by atoms with Crippen molar-refractivity contribution in [1.82, 2.24) is 4.90 Å². The summed E-state index contributed by atoms with van der Waals surface area (Å²) in [6.45, 7) is 0.706. The van der Waals surface area contributed by atoms with E-state index in [0.29, 0.717) is 17.7 Å². The van der Waals surface area contributed by atoms with Gasteiger partial charge in [-0.3, -0.25) is 14.5 Å². The molecular formula is C26H19NO3. The summed E-state index contributed by atoms with van der Waals surface area (Å²) in [5.74, 6) is 0.376. The summed E-state index contributed by atoms with van der Waals surface area (Å²) >= 11 is 0. The Kier molecular flexibility index (Phi) is 4.52. The Hall–Kier alpha value is -3.92. The van der Waals surface area contributed by atoms with E-state index in [1.165, 1.54) is 4.90 Å². The number of amides is 2. The van der Waals surface area contributed by atoms with Gasteiger partial charge in [-0.1, -0.05) is 72.8 Å². The lowest BCUT2D eigenvalue weighted by Gasteiger charge is -2.14. The number of fused-ring (bicyclic) bond motifs is 2. The van der Waals surface area contributed by atoms with Crippen LogP contribution < -0.4 is 4.74 Å². The number of hydrogen-bond donors (Lipinski definition) is 0. The Morgan fingerprint density at radius 3 is 1.97 bits per heavy atom. The second kappa shape index (κ2) is 7.48. The van der Waals surface area contributed by atoms with Gasteiger partial charge in [0.1, 0.15) is 12.4 Å². The van der Waals surface area contributed by atoms with Crippen molar-refractivity contribution in [2.24, 2.45) is 0 Å². The lowest BCUT2D eigenvalue weighted by molar-refractivity contribution is 0.0642. The molecule has 2 amide bonds. The largest absolute Gasteiger partial charge is 0.488 e. The lowest BCUT2D eigenvalue weighted by atomic mass is 10.1. The van der Waals surface area contributed by atoms with Crippen LogP contribution >= 0.6 is 0 Å². The minimum Gasteiger partial charge on any atom is -0.488 e. The normalized spacial score (nSPS) is 13.0. The van der Waals surface area contributed by atoms with Crippen molar-refractivity contribution in [3.63, 3.8) is 0 Å². The van der Waals surface area contributed by atoms with Gasteiger partial charge in [0, 0.05) is 5.39 Å². The summed E-state index contributed by atoms with van der Waals surface area (Å²) < 4.78 is 6.04. The zero-order valence-electron chi connectivity index (χ0n) is 16.2. The maximum absolute atomic E-state index is 12.5. The van der Waals surface area contributed by atoms with Crippen molar-refractivity contribution in [3.05, 3.63) is 113 Å². The molecule has 0 aromatic heterocycles. The Balaban J connectivity index is 1.27. The Bertz CT molecular complexity index is 1220. The molecule has 5 rings (SSSR count). The monoisotopic (exact) mass is 393 g/mol. The maximum atomic E-state index is 12.5. The summed E-state index contributed by atoms with van der Waals surface area (Å²) in [6, 6.07) is 28.9. The van der Waals surface area contributed by atoms with Crippen LogP contribution in [0.5, 0.6) is 5.75 Å². The van der Waals surface area contributed by atoms with E-state index < -0.39 is 0 Å². The molecule has 0 saturated carbocycles. The molecule has 4 heteroatoms. The molecule has 146 valence electrons. The molecule has 1 aliphatic rings. The molecule has 1 heterocycles. The smallest absolute Gasteiger partial charge is 0.261 e. The van der Waals surface area contributed by atoms with E-state index in [2.05, 4.69) is 18.2 Å². The van der Waals surface area contributed by atoms with E-state index in [0.717, 1.165) is 27.6 Å². The number of ether oxygens (including phenoxy) is 1. The molecule has 0 saturated heterocycles. The Morgan fingerprint density at radius 1 is 0.633 bits per heavy atom. The highest BCUT2D eigenvalue weighted by Gasteiger charge is 2.34. The van der Waals surface area contributed by atoms with Crippen LogP contribution in [0.25, 0.3) is 10.8 Å². The van der Waals surface area contributed by atoms with Crippen LogP contribution in [0.2, 0.25) is 0 Å². The zero-order chi connectivity index (χ0) is 20.5. The predicted octanol–water partition coefficient (Wildman–Crippen LogP) is 5.22. The summed E-state index contributed by atoms with van der Waals surface area (Å²) in [5, 5.41) is 2.23. The molecule has 0 radical (unpaired) electrons. The number of carbonyl (C=O) groups excluding carboxylic acids is 2. The highest BCUT2D eigenvalue weighted by molar-refractivity contribution is 6.21. The number of benzene rings is 4. The molecule has 0 aliphatic carbocycles. The van der Waals surface area contributed by atoms with Crippen LogP contribution in [-0.2, 0) is 13.2 Å². The minimum atomic E-state index is -0.237. The van der Waals surface area contributed by atoms with Gasteiger partial charge in [0.05, 0.1) is 17.7 Å². The van der Waals surface area contributed by atoms with Crippen molar-refractivity contribution in [2.45, 2.75) is 13.2 Å². The Labute approximate surface area is 174 Å². The van der Waals surface area contributed by atoms with E-state index in [-0.39, 0.29) is 18.4 Å². The fourth-order valence-electron chi connectivity index (χ4n) is 3.79. The zero-order valence-corrected chi connectivity index (χ0v) is 16.2. The molecule has 30 heavy (non-hydrogen) atoms. The van der Waals surface area contributed by atoms with Crippen LogP contribution in [0.3, 0.4) is 0 Å². The number of rotatable bonds is 5. The lowest BCUT2D eigenvalue weighted by Crippen LogP contribution is -2.29. The minimum absolute atomic E-state index is 0.237. The first kappa shape index (κ1) is 18.1.